The zero-order chi connectivity index (χ0) is 14.1. The smallest absolute Gasteiger partial charge is 0.328 e. The quantitative estimate of drug-likeness (QED) is 0.735. The van der Waals surface area contributed by atoms with E-state index < -0.39 is 5.97 Å². The Morgan fingerprint density at radius 2 is 2.10 bits per heavy atom. The molecule has 0 aliphatic heterocycles. The summed E-state index contributed by atoms with van der Waals surface area (Å²) >= 11 is 8.87. The molecule has 0 bridgehead atoms. The van der Waals surface area contributed by atoms with Gasteiger partial charge in [-0.2, -0.15) is 8.75 Å². The van der Waals surface area contributed by atoms with Gasteiger partial charge in [0.25, 0.3) is 0 Å². The molecule has 2 heterocycles. The van der Waals surface area contributed by atoms with Gasteiger partial charge in [-0.1, -0.05) is 11.6 Å². The number of hydrogen-bond donors (Lipinski definition) is 1. The van der Waals surface area contributed by atoms with Crippen LogP contribution >= 0.6 is 34.7 Å². The minimum Gasteiger partial charge on any atom is -0.478 e. The van der Waals surface area contributed by atoms with Gasteiger partial charge in [0.05, 0.1) is 16.8 Å². The largest absolute Gasteiger partial charge is 0.478 e. The van der Waals surface area contributed by atoms with Gasteiger partial charge in [-0.25, -0.2) is 4.79 Å². The number of aromatic nitrogens is 2. The lowest BCUT2D eigenvalue weighted by atomic mass is 10.1. The Morgan fingerprint density at radius 3 is 2.90 bits per heavy atom. The van der Waals surface area contributed by atoms with Crippen molar-refractivity contribution in [3.05, 3.63) is 40.2 Å². The van der Waals surface area contributed by atoms with Crippen molar-refractivity contribution in [2.75, 3.05) is 0 Å². The van der Waals surface area contributed by atoms with E-state index in [4.69, 9.17) is 16.7 Å². The molecule has 0 saturated heterocycles. The average Bonchev–Trinajstić information content (AvgIpc) is 3.04. The molecule has 0 atom stereocenters. The van der Waals surface area contributed by atoms with Gasteiger partial charge in [-0.3, -0.25) is 0 Å². The van der Waals surface area contributed by atoms with Crippen LogP contribution in [0.1, 0.15) is 4.88 Å². The third-order valence-corrected chi connectivity index (χ3v) is 4.57. The standard InChI is InChI=1S/C13H7ClN2O2S2/c14-8-3-4-9-13(16-20-15-9)12(8)10-5-1-7(19-10)2-6-11(17)18/h1-6H,(H,17,18). The van der Waals surface area contributed by atoms with E-state index in [1.54, 1.807) is 12.1 Å². The number of carboxylic acid groups (broad SMARTS) is 1. The highest BCUT2D eigenvalue weighted by atomic mass is 35.5. The normalized spacial score (nSPS) is 11.4. The van der Waals surface area contributed by atoms with E-state index in [-0.39, 0.29) is 0 Å². The SMILES string of the molecule is O=C(O)C=Cc1ccc(-c2c(Cl)ccc3nsnc23)s1. The van der Waals surface area contributed by atoms with E-state index in [1.807, 2.05) is 18.2 Å². The second-order valence-corrected chi connectivity index (χ2v) is 5.98. The van der Waals surface area contributed by atoms with Crippen molar-refractivity contribution >= 4 is 57.7 Å². The number of carboxylic acids is 1. The van der Waals surface area contributed by atoms with Crippen molar-refractivity contribution in [3.63, 3.8) is 0 Å². The summed E-state index contributed by atoms with van der Waals surface area (Å²) in [5.41, 5.74) is 2.43. The molecule has 1 N–H and O–H groups in total. The molecule has 20 heavy (non-hydrogen) atoms. The van der Waals surface area contributed by atoms with Crippen LogP contribution in [-0.2, 0) is 4.79 Å². The zero-order valence-corrected chi connectivity index (χ0v) is 12.3. The van der Waals surface area contributed by atoms with Gasteiger partial charge in [0, 0.05) is 21.4 Å². The van der Waals surface area contributed by atoms with Crippen molar-refractivity contribution in [1.82, 2.24) is 8.75 Å². The first-order valence-corrected chi connectivity index (χ1v) is 7.49. The maximum atomic E-state index is 10.5. The van der Waals surface area contributed by atoms with Crippen LogP contribution in [0, 0.1) is 0 Å². The lowest BCUT2D eigenvalue weighted by Crippen LogP contribution is -1.84. The molecular formula is C13H7ClN2O2S2. The highest BCUT2D eigenvalue weighted by molar-refractivity contribution is 7.16. The Bertz CT molecular complexity index is 823. The molecule has 0 amide bonds. The summed E-state index contributed by atoms with van der Waals surface area (Å²) in [5.74, 6) is -0.969. The van der Waals surface area contributed by atoms with Crippen molar-refractivity contribution in [1.29, 1.82) is 0 Å². The maximum absolute atomic E-state index is 10.5. The molecule has 100 valence electrons. The van der Waals surface area contributed by atoms with E-state index in [0.29, 0.717) is 5.02 Å². The molecular weight excluding hydrogens is 316 g/mol. The Hall–Kier alpha value is -1.76. The molecule has 3 rings (SSSR count). The molecule has 7 heteroatoms. The van der Waals surface area contributed by atoms with E-state index >= 15 is 0 Å². The number of thiophene rings is 1. The lowest BCUT2D eigenvalue weighted by Gasteiger charge is -2.01. The topological polar surface area (TPSA) is 63.1 Å². The van der Waals surface area contributed by atoms with Gasteiger partial charge < -0.3 is 5.11 Å². The van der Waals surface area contributed by atoms with Crippen LogP contribution in [-0.4, -0.2) is 19.8 Å². The van der Waals surface area contributed by atoms with Gasteiger partial charge in [0.1, 0.15) is 11.0 Å². The lowest BCUT2D eigenvalue weighted by molar-refractivity contribution is -0.131. The van der Waals surface area contributed by atoms with Crippen LogP contribution in [0.25, 0.3) is 27.6 Å². The number of hydrogen-bond acceptors (Lipinski definition) is 5. The molecule has 0 spiro atoms. The number of benzene rings is 1. The number of carbonyl (C=O) groups is 1. The van der Waals surface area contributed by atoms with E-state index in [1.165, 1.54) is 11.3 Å². The second-order valence-electron chi connectivity index (χ2n) is 3.93. The number of halogens is 1. The van der Waals surface area contributed by atoms with Crippen molar-refractivity contribution < 1.29 is 9.90 Å². The van der Waals surface area contributed by atoms with Crippen molar-refractivity contribution in [2.24, 2.45) is 0 Å². The predicted octanol–water partition coefficient (Wildman–Crippen LogP) is 4.17. The summed E-state index contributed by atoms with van der Waals surface area (Å²) < 4.78 is 8.48. The fraction of sp³-hybridized carbons (Fsp3) is 0. The van der Waals surface area contributed by atoms with Crippen LogP contribution in [0.4, 0.5) is 0 Å². The Morgan fingerprint density at radius 1 is 1.25 bits per heavy atom. The average molecular weight is 323 g/mol. The second kappa shape index (κ2) is 5.32. The number of aliphatic carboxylic acids is 1. The van der Waals surface area contributed by atoms with Gasteiger partial charge in [0.15, 0.2) is 0 Å². The van der Waals surface area contributed by atoms with Crippen molar-refractivity contribution in [3.8, 4) is 10.4 Å². The molecule has 0 unspecified atom stereocenters. The van der Waals surface area contributed by atoms with E-state index in [2.05, 4.69) is 8.75 Å². The van der Waals surface area contributed by atoms with Crippen LogP contribution < -0.4 is 0 Å². The minimum atomic E-state index is -0.969. The van der Waals surface area contributed by atoms with Crippen LogP contribution in [0.5, 0.6) is 0 Å². The summed E-state index contributed by atoms with van der Waals surface area (Å²) in [7, 11) is 0. The van der Waals surface area contributed by atoms with Gasteiger partial charge in [-0.05, 0) is 30.3 Å². The number of fused-ring (bicyclic) bond motifs is 1. The third-order valence-electron chi connectivity index (χ3n) is 2.64. The number of nitrogens with zero attached hydrogens (tertiary/aromatic N) is 2. The van der Waals surface area contributed by atoms with Gasteiger partial charge in [-0.15, -0.1) is 11.3 Å². The summed E-state index contributed by atoms with van der Waals surface area (Å²) in [6.07, 6.45) is 2.67. The van der Waals surface area contributed by atoms with Gasteiger partial charge >= 0.3 is 5.97 Å². The number of rotatable bonds is 3. The monoisotopic (exact) mass is 322 g/mol. The Kier molecular flexibility index (Phi) is 3.52. The molecule has 1 aromatic carbocycles. The first-order valence-electron chi connectivity index (χ1n) is 5.57. The van der Waals surface area contributed by atoms with Crippen LogP contribution in [0.15, 0.2) is 30.3 Å². The highest BCUT2D eigenvalue weighted by Crippen LogP contribution is 2.38. The van der Waals surface area contributed by atoms with E-state index in [9.17, 15) is 4.79 Å². The summed E-state index contributed by atoms with van der Waals surface area (Å²) in [5, 5.41) is 9.25. The molecule has 0 saturated carbocycles. The van der Waals surface area contributed by atoms with E-state index in [0.717, 1.165) is 44.2 Å². The fourth-order valence-electron chi connectivity index (χ4n) is 1.79. The summed E-state index contributed by atoms with van der Waals surface area (Å²) in [6, 6.07) is 7.40. The minimum absolute atomic E-state index is 0.612. The van der Waals surface area contributed by atoms with Crippen LogP contribution in [0.2, 0.25) is 5.02 Å². The van der Waals surface area contributed by atoms with Crippen molar-refractivity contribution in [2.45, 2.75) is 0 Å². The molecule has 3 aromatic rings. The molecule has 2 aromatic heterocycles. The third kappa shape index (κ3) is 2.45. The summed E-state index contributed by atoms with van der Waals surface area (Å²) in [6.45, 7) is 0. The molecule has 0 aliphatic rings. The Balaban J connectivity index is 2.09. The molecule has 0 fully saturated rings. The van der Waals surface area contributed by atoms with Gasteiger partial charge in [0.2, 0.25) is 0 Å². The first kappa shape index (κ1) is 13.2. The molecule has 4 nitrogen and oxygen atoms in total. The Labute approximate surface area is 127 Å². The van der Waals surface area contributed by atoms with Crippen LogP contribution in [0.3, 0.4) is 0 Å². The molecule has 0 aliphatic carbocycles. The zero-order valence-electron chi connectivity index (χ0n) is 9.91. The highest BCUT2D eigenvalue weighted by Gasteiger charge is 2.13. The summed E-state index contributed by atoms with van der Waals surface area (Å²) in [4.78, 5) is 12.3. The maximum Gasteiger partial charge on any atom is 0.328 e. The molecule has 0 radical (unpaired) electrons. The first-order chi connectivity index (χ1) is 9.65. The predicted molar refractivity (Wildman–Crippen MR) is 82.4 cm³/mol. The fourth-order valence-corrected chi connectivity index (χ4v) is 3.62.